The molecule has 2 amide bonds. The zero-order valence-corrected chi connectivity index (χ0v) is 21.1. The van der Waals surface area contributed by atoms with Crippen LogP contribution in [0.25, 0.3) is 0 Å². The summed E-state index contributed by atoms with van der Waals surface area (Å²) in [5.41, 5.74) is 2.56. The molecule has 6 nitrogen and oxygen atoms in total. The van der Waals surface area contributed by atoms with Gasteiger partial charge in [0, 0.05) is 17.9 Å². The first-order valence-corrected chi connectivity index (χ1v) is 13.5. The number of nitrogens with one attached hydrogen (secondary N) is 2. The molecule has 0 spiro atoms. The van der Waals surface area contributed by atoms with E-state index in [4.69, 9.17) is 4.74 Å². The van der Waals surface area contributed by atoms with Crippen molar-refractivity contribution in [1.29, 1.82) is 0 Å². The Hall–Kier alpha value is -2.37. The molecular weight excluding hydrogens is 426 g/mol. The van der Waals surface area contributed by atoms with Gasteiger partial charge in [-0.3, -0.25) is 4.79 Å². The van der Waals surface area contributed by atoms with E-state index in [9.17, 15) is 9.59 Å². The Morgan fingerprint density at radius 1 is 1.03 bits per heavy atom. The molecule has 1 saturated carbocycles. The van der Waals surface area contributed by atoms with E-state index in [0.717, 1.165) is 37.1 Å². The van der Waals surface area contributed by atoms with Crippen LogP contribution in [0.1, 0.15) is 103 Å². The maximum absolute atomic E-state index is 13.2. The first-order chi connectivity index (χ1) is 16.6. The molecule has 1 aliphatic carbocycles. The van der Waals surface area contributed by atoms with Gasteiger partial charge < -0.3 is 15.4 Å². The summed E-state index contributed by atoms with van der Waals surface area (Å²) in [5, 5.41) is 6.40. The van der Waals surface area contributed by atoms with E-state index >= 15 is 0 Å². The lowest BCUT2D eigenvalue weighted by Crippen LogP contribution is -2.45. The van der Waals surface area contributed by atoms with E-state index in [1.54, 1.807) is 0 Å². The molecule has 6 heteroatoms. The Morgan fingerprint density at radius 3 is 2.44 bits per heavy atom. The third-order valence-corrected chi connectivity index (χ3v) is 7.15. The number of amides is 2. The highest BCUT2D eigenvalue weighted by Crippen LogP contribution is 2.31. The Labute approximate surface area is 205 Å². The largest absolute Gasteiger partial charge is 0.465 e. The molecule has 1 heterocycles. The lowest BCUT2D eigenvalue weighted by Gasteiger charge is -2.31. The number of carbonyl (C=O) groups excluding carboxylic acids is 2. The van der Waals surface area contributed by atoms with E-state index in [-0.39, 0.29) is 12.0 Å². The van der Waals surface area contributed by atoms with Crippen molar-refractivity contribution in [2.45, 2.75) is 96.9 Å². The van der Waals surface area contributed by atoms with Crippen LogP contribution in [0.3, 0.4) is 0 Å². The van der Waals surface area contributed by atoms with Gasteiger partial charge >= 0.3 is 12.0 Å². The van der Waals surface area contributed by atoms with Gasteiger partial charge in [-0.05, 0) is 49.3 Å². The molecule has 2 N–H and O–H groups in total. The van der Waals surface area contributed by atoms with Crippen molar-refractivity contribution in [3.05, 3.63) is 29.8 Å². The number of rotatable bonds is 13. The molecule has 1 aromatic rings. The number of benzene rings is 1. The zero-order valence-electron chi connectivity index (χ0n) is 21.1. The van der Waals surface area contributed by atoms with Gasteiger partial charge in [-0.1, -0.05) is 77.3 Å². The summed E-state index contributed by atoms with van der Waals surface area (Å²) in [4.78, 5) is 29.6. The Morgan fingerprint density at radius 2 is 1.74 bits per heavy atom. The first-order valence-electron chi connectivity index (χ1n) is 13.5. The highest BCUT2D eigenvalue weighted by Gasteiger charge is 2.39. The van der Waals surface area contributed by atoms with Crippen molar-refractivity contribution in [1.82, 2.24) is 5.32 Å². The number of hydrogen-bond donors (Lipinski definition) is 2. The van der Waals surface area contributed by atoms with Gasteiger partial charge in [-0.15, -0.1) is 0 Å². The van der Waals surface area contributed by atoms with E-state index in [1.165, 1.54) is 51.4 Å². The van der Waals surface area contributed by atoms with Crippen LogP contribution in [0.2, 0.25) is 0 Å². The topological polar surface area (TPSA) is 79.8 Å². The lowest BCUT2D eigenvalue weighted by atomic mass is 9.86. The maximum atomic E-state index is 13.2. The Kier molecular flexibility index (Phi) is 10.9. The van der Waals surface area contributed by atoms with E-state index < -0.39 is 12.0 Å². The minimum Gasteiger partial charge on any atom is -0.465 e. The van der Waals surface area contributed by atoms with E-state index in [0.29, 0.717) is 24.7 Å². The molecule has 188 valence electrons. The van der Waals surface area contributed by atoms with Crippen LogP contribution in [0.15, 0.2) is 29.3 Å². The van der Waals surface area contributed by atoms with Crippen molar-refractivity contribution < 1.29 is 14.3 Å². The maximum Gasteiger partial charge on any atom is 0.341 e. The SMILES string of the molecule is CCCCCCCCNc1ccc(C2NC(=O)N=C(CC)C2C(=O)OCC2CCCCC2)cc1. The van der Waals surface area contributed by atoms with Crippen LogP contribution in [0, 0.1) is 11.8 Å². The molecule has 34 heavy (non-hydrogen) atoms. The third kappa shape index (κ3) is 7.85. The second kappa shape index (κ2) is 14.1. The molecule has 0 aromatic heterocycles. The minimum absolute atomic E-state index is 0.276. The van der Waals surface area contributed by atoms with E-state index in [2.05, 4.69) is 22.5 Å². The summed E-state index contributed by atoms with van der Waals surface area (Å²) in [6.07, 6.45) is 14.1. The smallest absolute Gasteiger partial charge is 0.341 e. The van der Waals surface area contributed by atoms with Gasteiger partial charge in [0.25, 0.3) is 0 Å². The second-order valence-corrected chi connectivity index (χ2v) is 9.81. The predicted octanol–water partition coefficient (Wildman–Crippen LogP) is 6.81. The van der Waals surface area contributed by atoms with Crippen molar-refractivity contribution in [3.8, 4) is 0 Å². The molecule has 0 saturated heterocycles. The standard InChI is InChI=1S/C28H43N3O3/c1-3-5-6-7-8-12-19-29-23-17-15-22(16-18-23)26-25(24(4-2)30-28(33)31-26)27(32)34-20-21-13-10-9-11-14-21/h15-18,21,25-26,29H,3-14,19-20H2,1-2H3,(H,31,33). The number of carbonyl (C=O) groups is 2. The third-order valence-electron chi connectivity index (χ3n) is 7.15. The summed E-state index contributed by atoms with van der Waals surface area (Å²) in [5.74, 6) is -0.400. The van der Waals surface area contributed by atoms with Crippen molar-refractivity contribution in [3.63, 3.8) is 0 Å². The van der Waals surface area contributed by atoms with Gasteiger partial charge in [0.05, 0.1) is 12.6 Å². The first kappa shape index (κ1) is 26.2. The van der Waals surface area contributed by atoms with Crippen LogP contribution < -0.4 is 10.6 Å². The monoisotopic (exact) mass is 469 g/mol. The Balaban J connectivity index is 1.59. The minimum atomic E-state index is -0.576. The van der Waals surface area contributed by atoms with Crippen LogP contribution in [0.5, 0.6) is 0 Å². The molecule has 1 aliphatic heterocycles. The van der Waals surface area contributed by atoms with Crippen molar-refractivity contribution >= 4 is 23.4 Å². The highest BCUT2D eigenvalue weighted by molar-refractivity contribution is 6.09. The fourth-order valence-electron chi connectivity index (χ4n) is 5.08. The summed E-state index contributed by atoms with van der Waals surface area (Å²) in [6, 6.07) is 7.21. The Bertz CT molecular complexity index is 800. The van der Waals surface area contributed by atoms with Crippen LogP contribution in [0.4, 0.5) is 10.5 Å². The molecule has 0 bridgehead atoms. The number of unbranched alkanes of at least 4 members (excludes halogenated alkanes) is 5. The average molecular weight is 470 g/mol. The summed E-state index contributed by atoms with van der Waals surface area (Å²) in [7, 11) is 0. The van der Waals surface area contributed by atoms with Gasteiger partial charge in [0.15, 0.2) is 0 Å². The zero-order chi connectivity index (χ0) is 24.2. The number of ether oxygens (including phenoxy) is 1. The van der Waals surface area contributed by atoms with Crippen LogP contribution >= 0.6 is 0 Å². The predicted molar refractivity (Wildman–Crippen MR) is 138 cm³/mol. The highest BCUT2D eigenvalue weighted by atomic mass is 16.5. The van der Waals surface area contributed by atoms with Gasteiger partial charge in [-0.25, -0.2) is 9.79 Å². The number of esters is 1. The molecule has 1 aromatic carbocycles. The summed E-state index contributed by atoms with van der Waals surface area (Å²) >= 11 is 0. The fraction of sp³-hybridized carbons (Fsp3) is 0.679. The number of nitrogens with zero attached hydrogens (tertiary/aromatic N) is 1. The molecular formula is C28H43N3O3. The van der Waals surface area contributed by atoms with Crippen molar-refractivity contribution in [2.24, 2.45) is 16.8 Å². The quantitative estimate of drug-likeness (QED) is 0.245. The average Bonchev–Trinajstić information content (AvgIpc) is 2.87. The summed E-state index contributed by atoms with van der Waals surface area (Å²) in [6.45, 7) is 5.59. The molecule has 1 fully saturated rings. The molecule has 0 radical (unpaired) electrons. The second-order valence-electron chi connectivity index (χ2n) is 9.81. The van der Waals surface area contributed by atoms with Crippen LogP contribution in [-0.4, -0.2) is 30.9 Å². The molecule has 2 unspecified atom stereocenters. The van der Waals surface area contributed by atoms with Gasteiger partial charge in [0.1, 0.15) is 5.92 Å². The van der Waals surface area contributed by atoms with Crippen LogP contribution in [-0.2, 0) is 9.53 Å². The summed E-state index contributed by atoms with van der Waals surface area (Å²) < 4.78 is 5.78. The van der Waals surface area contributed by atoms with Gasteiger partial charge in [-0.2, -0.15) is 0 Å². The van der Waals surface area contributed by atoms with Gasteiger partial charge in [0.2, 0.25) is 0 Å². The number of aliphatic imine (C=N–C) groups is 1. The molecule has 2 aliphatic rings. The fourth-order valence-corrected chi connectivity index (χ4v) is 5.08. The normalized spacial score (nSPS) is 21.0. The van der Waals surface area contributed by atoms with Crippen molar-refractivity contribution in [2.75, 3.05) is 18.5 Å². The number of anilines is 1. The molecule has 3 rings (SSSR count). The van der Waals surface area contributed by atoms with E-state index in [1.807, 2.05) is 31.2 Å². The number of urea groups is 1. The molecule has 2 atom stereocenters. The number of hydrogen-bond acceptors (Lipinski definition) is 4. The lowest BCUT2D eigenvalue weighted by molar-refractivity contribution is -0.148.